The molecule has 2 saturated heterocycles. The first kappa shape index (κ1) is 38.8. The van der Waals surface area contributed by atoms with Crippen LogP contribution in [0.4, 0.5) is 22.7 Å². The van der Waals surface area contributed by atoms with Gasteiger partial charge in [0, 0.05) is 51.3 Å². The number of fused-ring (bicyclic) bond motifs is 3. The van der Waals surface area contributed by atoms with Gasteiger partial charge in [-0.1, -0.05) is 164 Å². The van der Waals surface area contributed by atoms with Crippen LogP contribution in [-0.4, -0.2) is 16.7 Å². The summed E-state index contributed by atoms with van der Waals surface area (Å²) >= 11 is 0. The summed E-state index contributed by atoms with van der Waals surface area (Å²) in [5.41, 5.74) is 17.7. The van der Waals surface area contributed by atoms with Crippen molar-refractivity contribution in [1.29, 1.82) is 0 Å². The van der Waals surface area contributed by atoms with Crippen molar-refractivity contribution in [1.82, 2.24) is 4.57 Å². The zero-order valence-corrected chi connectivity index (χ0v) is 37.0. The maximum Gasteiger partial charge on any atom is 0.0576 e. The second kappa shape index (κ2) is 16.1. The molecule has 0 atom stereocenters. The van der Waals surface area contributed by atoms with Gasteiger partial charge in [-0.2, -0.15) is 0 Å². The molecule has 0 spiro atoms. The predicted octanol–water partition coefficient (Wildman–Crippen LogP) is 16.4. The van der Waals surface area contributed by atoms with Crippen molar-refractivity contribution in [3.05, 3.63) is 236 Å². The second-order valence-corrected chi connectivity index (χ2v) is 18.9. The molecule has 14 rings (SSSR count). The Balaban J connectivity index is 0.786. The zero-order chi connectivity index (χ0) is 43.6. The van der Waals surface area contributed by atoms with Gasteiger partial charge in [0.1, 0.15) is 0 Å². The minimum atomic E-state index is 0.579. The SMILES string of the molecule is c1ccc(-c2ccc(N(c3ccc(-c4ccccc4)cc3)c3ccc(-c4cccc(N5C6CC7CC5CC(C6)C7c5cccc6c7ccccc7n(-c7ccccc7)c56)c4)cc3)cc2)cc1. The molecule has 0 amide bonds. The van der Waals surface area contributed by atoms with Crippen LogP contribution in [0, 0.1) is 11.8 Å². The van der Waals surface area contributed by atoms with Gasteiger partial charge in [0.25, 0.3) is 0 Å². The second-order valence-electron chi connectivity index (χ2n) is 18.9. The van der Waals surface area contributed by atoms with E-state index in [1.54, 1.807) is 5.56 Å². The van der Waals surface area contributed by atoms with E-state index in [2.05, 4.69) is 245 Å². The molecule has 0 unspecified atom stereocenters. The molecule has 3 heterocycles. The van der Waals surface area contributed by atoms with E-state index in [1.807, 2.05) is 0 Å². The standard InChI is InChI=1S/C63H51N3/c1-4-14-43(15-5-1)45-26-32-52(33-27-45)64(53-34-28-46(29-35-53)44-16-6-2-7-17-44)54-36-30-47(31-37-54)48-18-12-21-55(38-48)65-56-39-49-40-57(65)42-50(41-56)62(49)60-24-13-23-59-58-22-10-11-25-61(58)66(63(59)60)51-19-8-3-9-20-51/h1-38,49-50,56-57,62H,39-42H2. The molecule has 318 valence electrons. The summed E-state index contributed by atoms with van der Waals surface area (Å²) in [4.78, 5) is 5.21. The van der Waals surface area contributed by atoms with Crippen molar-refractivity contribution in [2.75, 3.05) is 9.80 Å². The van der Waals surface area contributed by atoms with Gasteiger partial charge in [-0.25, -0.2) is 0 Å². The summed E-state index contributed by atoms with van der Waals surface area (Å²) in [6.07, 6.45) is 5.03. The third-order valence-corrected chi connectivity index (χ3v) is 15.3. The summed E-state index contributed by atoms with van der Waals surface area (Å²) in [6, 6.07) is 86.1. The third kappa shape index (κ3) is 6.64. The van der Waals surface area contributed by atoms with Crippen molar-refractivity contribution in [2.45, 2.75) is 43.7 Å². The lowest BCUT2D eigenvalue weighted by Crippen LogP contribution is -2.60. The van der Waals surface area contributed by atoms with Crippen molar-refractivity contribution >= 4 is 44.6 Å². The van der Waals surface area contributed by atoms with Crippen molar-refractivity contribution < 1.29 is 0 Å². The fraction of sp³-hybridized carbons (Fsp3) is 0.143. The van der Waals surface area contributed by atoms with Crippen LogP contribution in [0.2, 0.25) is 0 Å². The molecule has 66 heavy (non-hydrogen) atoms. The molecule has 3 nitrogen and oxygen atoms in total. The Hall–Kier alpha value is -7.62. The molecule has 4 aliphatic rings. The molecule has 4 bridgehead atoms. The minimum absolute atomic E-state index is 0.579. The van der Waals surface area contributed by atoms with Crippen molar-refractivity contribution in [2.24, 2.45) is 11.8 Å². The highest BCUT2D eigenvalue weighted by Gasteiger charge is 2.52. The quantitative estimate of drug-likeness (QED) is 0.143. The Morgan fingerprint density at radius 3 is 1.33 bits per heavy atom. The first-order valence-corrected chi connectivity index (χ1v) is 23.9. The monoisotopic (exact) mass is 849 g/mol. The van der Waals surface area contributed by atoms with Gasteiger partial charge in [-0.15, -0.1) is 0 Å². The third-order valence-electron chi connectivity index (χ3n) is 15.3. The van der Waals surface area contributed by atoms with Crippen LogP contribution in [0.1, 0.15) is 37.2 Å². The Morgan fingerprint density at radius 1 is 0.348 bits per heavy atom. The van der Waals surface area contributed by atoms with Gasteiger partial charge in [-0.3, -0.25) is 0 Å². The van der Waals surface area contributed by atoms with Crippen LogP contribution >= 0.6 is 0 Å². The van der Waals surface area contributed by atoms with Crippen LogP contribution in [-0.2, 0) is 0 Å². The number of hydrogen-bond donors (Lipinski definition) is 0. The molecule has 0 radical (unpaired) electrons. The number of nitrogens with zero attached hydrogens (tertiary/aromatic N) is 3. The number of para-hydroxylation sites is 3. The molecule has 2 aliphatic carbocycles. The van der Waals surface area contributed by atoms with Gasteiger partial charge < -0.3 is 14.4 Å². The molecule has 0 N–H and O–H groups in total. The van der Waals surface area contributed by atoms with E-state index in [0.29, 0.717) is 29.8 Å². The van der Waals surface area contributed by atoms with Crippen molar-refractivity contribution in [3.8, 4) is 39.1 Å². The highest BCUT2D eigenvalue weighted by Crippen LogP contribution is 2.58. The summed E-state index contributed by atoms with van der Waals surface area (Å²) in [5.74, 6) is 1.97. The van der Waals surface area contributed by atoms with Gasteiger partial charge in [-0.05, 0) is 149 Å². The average Bonchev–Trinajstić information content (AvgIpc) is 3.73. The number of benzene rings is 9. The van der Waals surface area contributed by atoms with E-state index in [4.69, 9.17) is 0 Å². The molecule has 4 fully saturated rings. The van der Waals surface area contributed by atoms with Crippen LogP contribution in [0.15, 0.2) is 231 Å². The number of hydrogen-bond acceptors (Lipinski definition) is 2. The summed E-state index contributed by atoms with van der Waals surface area (Å²) in [5, 5.41) is 2.73. The number of rotatable bonds is 9. The van der Waals surface area contributed by atoms with Crippen molar-refractivity contribution in [3.63, 3.8) is 0 Å². The normalized spacial score (nSPS) is 19.7. The van der Waals surface area contributed by atoms with E-state index in [1.165, 1.54) is 92.2 Å². The van der Waals surface area contributed by atoms with E-state index >= 15 is 0 Å². The molecule has 1 aromatic heterocycles. The van der Waals surface area contributed by atoms with Gasteiger partial charge in [0.2, 0.25) is 0 Å². The van der Waals surface area contributed by atoms with E-state index in [0.717, 1.165) is 17.1 Å². The molecule has 2 saturated carbocycles. The summed E-state index contributed by atoms with van der Waals surface area (Å²) in [7, 11) is 0. The van der Waals surface area contributed by atoms with Gasteiger partial charge in [0.15, 0.2) is 0 Å². The number of piperidine rings is 2. The highest BCUT2D eigenvalue weighted by molar-refractivity contribution is 6.10. The smallest absolute Gasteiger partial charge is 0.0576 e. The van der Waals surface area contributed by atoms with E-state index < -0.39 is 0 Å². The Bertz CT molecular complexity index is 3210. The topological polar surface area (TPSA) is 11.4 Å². The zero-order valence-electron chi connectivity index (χ0n) is 37.0. The minimum Gasteiger partial charge on any atom is -0.366 e. The average molecular weight is 850 g/mol. The van der Waals surface area contributed by atoms with Gasteiger partial charge >= 0.3 is 0 Å². The fourth-order valence-electron chi connectivity index (χ4n) is 12.6. The van der Waals surface area contributed by atoms with Crippen LogP contribution in [0.5, 0.6) is 0 Å². The number of anilines is 4. The lowest BCUT2D eigenvalue weighted by molar-refractivity contribution is 0.0621. The molecule has 3 heteroatoms. The maximum atomic E-state index is 2.84. The highest BCUT2D eigenvalue weighted by atomic mass is 15.2. The Morgan fingerprint density at radius 2 is 0.773 bits per heavy atom. The van der Waals surface area contributed by atoms with E-state index in [9.17, 15) is 0 Å². The molecular formula is C63H51N3. The molecule has 9 aromatic carbocycles. The van der Waals surface area contributed by atoms with Crippen LogP contribution < -0.4 is 9.80 Å². The molecule has 2 aliphatic heterocycles. The molecule has 10 aromatic rings. The fourth-order valence-corrected chi connectivity index (χ4v) is 12.6. The lowest BCUT2D eigenvalue weighted by atomic mass is 9.56. The Kier molecular flexibility index (Phi) is 9.48. The lowest BCUT2D eigenvalue weighted by Gasteiger charge is -2.60. The predicted molar refractivity (Wildman–Crippen MR) is 276 cm³/mol. The number of aromatic nitrogens is 1. The van der Waals surface area contributed by atoms with Crippen LogP contribution in [0.25, 0.3) is 60.9 Å². The summed E-state index contributed by atoms with van der Waals surface area (Å²) in [6.45, 7) is 0. The summed E-state index contributed by atoms with van der Waals surface area (Å²) < 4.78 is 2.56. The maximum absolute atomic E-state index is 2.84. The Labute approximate surface area is 387 Å². The largest absolute Gasteiger partial charge is 0.366 e. The van der Waals surface area contributed by atoms with E-state index in [-0.39, 0.29) is 0 Å². The molecular weight excluding hydrogens is 799 g/mol. The first-order chi connectivity index (χ1) is 32.7. The van der Waals surface area contributed by atoms with Gasteiger partial charge in [0.05, 0.1) is 11.0 Å². The first-order valence-electron chi connectivity index (χ1n) is 23.9. The van der Waals surface area contributed by atoms with Crippen LogP contribution in [0.3, 0.4) is 0 Å².